The second kappa shape index (κ2) is 7.67. The van der Waals surface area contributed by atoms with E-state index >= 15 is 0 Å². The van der Waals surface area contributed by atoms with Crippen LogP contribution in [0.15, 0.2) is 60.8 Å². The lowest BCUT2D eigenvalue weighted by Gasteiger charge is -2.37. The Balaban J connectivity index is 1.26. The van der Waals surface area contributed by atoms with E-state index in [-0.39, 0.29) is 17.6 Å². The van der Waals surface area contributed by atoms with Gasteiger partial charge < -0.3 is 9.64 Å². The van der Waals surface area contributed by atoms with Crippen LogP contribution in [0.1, 0.15) is 22.1 Å². The van der Waals surface area contributed by atoms with E-state index < -0.39 is 0 Å². The summed E-state index contributed by atoms with van der Waals surface area (Å²) in [6, 6.07) is 15.6. The Kier molecular flexibility index (Phi) is 4.70. The van der Waals surface area contributed by atoms with Crippen molar-refractivity contribution < 1.29 is 13.9 Å². The number of para-hydroxylation sites is 2. The van der Waals surface area contributed by atoms with Crippen molar-refractivity contribution >= 4 is 5.91 Å². The molecule has 1 amide bonds. The summed E-state index contributed by atoms with van der Waals surface area (Å²) in [5.74, 6) is 0.247. The molecule has 1 saturated heterocycles. The number of hydrogen-bond acceptors (Lipinski definition) is 5. The van der Waals surface area contributed by atoms with Crippen LogP contribution < -0.4 is 4.74 Å². The number of hydrogen-bond donors (Lipinski definition) is 1. The summed E-state index contributed by atoms with van der Waals surface area (Å²) in [6.45, 7) is 1.02. The molecule has 0 unspecified atom stereocenters. The molecule has 5 rings (SSSR count). The van der Waals surface area contributed by atoms with Crippen LogP contribution >= 0.6 is 0 Å². The zero-order chi connectivity index (χ0) is 21.4. The highest BCUT2D eigenvalue weighted by atomic mass is 19.1. The van der Waals surface area contributed by atoms with Gasteiger partial charge in [-0.3, -0.25) is 9.89 Å². The number of benzene rings is 2. The molecule has 1 fully saturated rings. The highest BCUT2D eigenvalue weighted by Gasteiger charge is 2.35. The van der Waals surface area contributed by atoms with Crippen molar-refractivity contribution in [3.05, 3.63) is 78.0 Å². The topological polar surface area (TPSA) is 88.9 Å². The summed E-state index contributed by atoms with van der Waals surface area (Å²) in [7, 11) is 1.60. The van der Waals surface area contributed by atoms with Crippen molar-refractivity contribution in [1.29, 1.82) is 0 Å². The number of carbonyl (C=O) groups is 1. The number of amides is 1. The number of H-pyrrole nitrogens is 1. The van der Waals surface area contributed by atoms with Gasteiger partial charge in [-0.05, 0) is 30.3 Å². The molecule has 2 aromatic carbocycles. The van der Waals surface area contributed by atoms with Gasteiger partial charge in [0.1, 0.15) is 22.9 Å². The normalized spacial score (nSPS) is 13.8. The lowest BCUT2D eigenvalue weighted by Crippen LogP contribution is -2.48. The number of nitrogens with zero attached hydrogens (tertiary/aromatic N) is 5. The zero-order valence-electron chi connectivity index (χ0n) is 16.7. The molecule has 31 heavy (non-hydrogen) atoms. The molecule has 8 nitrogen and oxygen atoms in total. The predicted octanol–water partition coefficient (Wildman–Crippen LogP) is 3.04. The predicted molar refractivity (Wildman–Crippen MR) is 111 cm³/mol. The standard InChI is InChI=1S/C22H19FN6O2/c1-31-21-9-5-2-6-15(21)17-10-18(25-24-17)22(30)28-11-14(12-28)19-13-29(27-26-19)20-8-4-3-7-16(20)23/h2-10,13-14H,11-12H2,1H3,(H,24,25). The first kappa shape index (κ1) is 19.0. The Morgan fingerprint density at radius 2 is 1.94 bits per heavy atom. The first-order valence-electron chi connectivity index (χ1n) is 9.79. The number of rotatable bonds is 5. The number of likely N-dealkylation sites (tertiary alicyclic amines) is 1. The minimum atomic E-state index is -0.366. The molecule has 0 radical (unpaired) electrons. The number of ether oxygens (including phenoxy) is 1. The van der Waals surface area contributed by atoms with Crippen molar-refractivity contribution in [1.82, 2.24) is 30.1 Å². The fraction of sp³-hybridized carbons (Fsp3) is 0.182. The van der Waals surface area contributed by atoms with E-state index in [1.807, 2.05) is 24.3 Å². The third-order valence-corrected chi connectivity index (χ3v) is 5.39. The van der Waals surface area contributed by atoms with Crippen molar-refractivity contribution in [2.75, 3.05) is 20.2 Å². The van der Waals surface area contributed by atoms with Crippen LogP contribution in [0.5, 0.6) is 5.75 Å². The molecular weight excluding hydrogens is 399 g/mol. The summed E-state index contributed by atoms with van der Waals surface area (Å²) < 4.78 is 20.7. The zero-order valence-corrected chi connectivity index (χ0v) is 16.7. The number of aromatic nitrogens is 5. The van der Waals surface area contributed by atoms with Crippen LogP contribution in [0.4, 0.5) is 4.39 Å². The average Bonchev–Trinajstić information content (AvgIpc) is 3.43. The van der Waals surface area contributed by atoms with Gasteiger partial charge in [0, 0.05) is 24.6 Å². The van der Waals surface area contributed by atoms with Crippen molar-refractivity contribution in [2.45, 2.75) is 5.92 Å². The highest BCUT2D eigenvalue weighted by Crippen LogP contribution is 2.30. The SMILES string of the molecule is COc1ccccc1-c1cc(C(=O)N2CC(c3cn(-c4ccccc4F)nn3)C2)[nH]n1. The maximum atomic E-state index is 14.0. The molecule has 3 heterocycles. The maximum Gasteiger partial charge on any atom is 0.271 e. The lowest BCUT2D eigenvalue weighted by atomic mass is 9.96. The maximum absolute atomic E-state index is 14.0. The molecule has 0 atom stereocenters. The molecule has 0 aliphatic carbocycles. The van der Waals surface area contributed by atoms with E-state index in [0.717, 1.165) is 11.3 Å². The monoisotopic (exact) mass is 418 g/mol. The van der Waals surface area contributed by atoms with Gasteiger partial charge in [0.2, 0.25) is 0 Å². The summed E-state index contributed by atoms with van der Waals surface area (Å²) in [6.07, 6.45) is 1.71. The molecule has 4 aromatic rings. The molecule has 0 saturated carbocycles. The number of nitrogens with one attached hydrogen (secondary N) is 1. The fourth-order valence-electron chi connectivity index (χ4n) is 3.65. The smallest absolute Gasteiger partial charge is 0.271 e. The van der Waals surface area contributed by atoms with Gasteiger partial charge in [0.25, 0.3) is 5.91 Å². The van der Waals surface area contributed by atoms with Crippen molar-refractivity contribution in [3.8, 4) is 22.7 Å². The minimum Gasteiger partial charge on any atom is -0.496 e. The molecule has 0 spiro atoms. The average molecular weight is 418 g/mol. The molecular formula is C22H19FN6O2. The Morgan fingerprint density at radius 3 is 2.74 bits per heavy atom. The Hall–Kier alpha value is -4.01. The minimum absolute atomic E-state index is 0.0566. The molecule has 1 N–H and O–H groups in total. The third kappa shape index (κ3) is 3.43. The fourth-order valence-corrected chi connectivity index (χ4v) is 3.65. The quantitative estimate of drug-likeness (QED) is 0.538. The first-order valence-corrected chi connectivity index (χ1v) is 9.79. The summed E-state index contributed by atoms with van der Waals surface area (Å²) in [4.78, 5) is 14.5. The third-order valence-electron chi connectivity index (χ3n) is 5.39. The van der Waals surface area contributed by atoms with Crippen molar-refractivity contribution in [3.63, 3.8) is 0 Å². The number of methoxy groups -OCH3 is 1. The Bertz CT molecular complexity index is 1240. The number of halogens is 1. The highest BCUT2D eigenvalue weighted by molar-refractivity contribution is 5.94. The second-order valence-electron chi connectivity index (χ2n) is 7.31. The second-order valence-corrected chi connectivity index (χ2v) is 7.31. The van der Waals surface area contributed by atoms with Crippen LogP contribution in [-0.2, 0) is 0 Å². The van der Waals surface area contributed by atoms with E-state index in [1.165, 1.54) is 10.7 Å². The van der Waals surface area contributed by atoms with E-state index in [0.29, 0.717) is 35.9 Å². The lowest BCUT2D eigenvalue weighted by molar-refractivity contribution is 0.0592. The Labute approximate surface area is 177 Å². The van der Waals surface area contributed by atoms with Crippen LogP contribution in [0.3, 0.4) is 0 Å². The van der Waals surface area contributed by atoms with Gasteiger partial charge in [-0.1, -0.05) is 29.5 Å². The van der Waals surface area contributed by atoms with Gasteiger partial charge in [0.05, 0.1) is 24.7 Å². The molecule has 1 aliphatic heterocycles. The van der Waals surface area contributed by atoms with E-state index in [9.17, 15) is 9.18 Å². The number of aromatic amines is 1. The summed E-state index contributed by atoms with van der Waals surface area (Å²) >= 11 is 0. The molecule has 9 heteroatoms. The van der Waals surface area contributed by atoms with E-state index in [4.69, 9.17) is 4.74 Å². The van der Waals surface area contributed by atoms with Gasteiger partial charge in [-0.25, -0.2) is 9.07 Å². The van der Waals surface area contributed by atoms with Crippen molar-refractivity contribution in [2.24, 2.45) is 0 Å². The van der Waals surface area contributed by atoms with E-state index in [2.05, 4.69) is 20.5 Å². The molecule has 1 aliphatic rings. The Morgan fingerprint density at radius 1 is 1.16 bits per heavy atom. The summed E-state index contributed by atoms with van der Waals surface area (Å²) in [5.41, 5.74) is 2.94. The molecule has 0 bridgehead atoms. The van der Waals surface area contributed by atoms with Gasteiger partial charge >= 0.3 is 0 Å². The van der Waals surface area contributed by atoms with Crippen LogP contribution in [0, 0.1) is 5.82 Å². The largest absolute Gasteiger partial charge is 0.496 e. The van der Waals surface area contributed by atoms with Gasteiger partial charge in [0.15, 0.2) is 0 Å². The first-order chi connectivity index (χ1) is 15.1. The molecule has 156 valence electrons. The van der Waals surface area contributed by atoms with Crippen LogP contribution in [0.25, 0.3) is 16.9 Å². The number of carbonyl (C=O) groups excluding carboxylic acids is 1. The van der Waals surface area contributed by atoms with E-state index in [1.54, 1.807) is 42.5 Å². The molecule has 2 aromatic heterocycles. The van der Waals surface area contributed by atoms with Gasteiger partial charge in [-0.2, -0.15) is 5.10 Å². The van der Waals surface area contributed by atoms with Gasteiger partial charge in [-0.15, -0.1) is 5.10 Å². The van der Waals surface area contributed by atoms with Crippen LogP contribution in [-0.4, -0.2) is 56.2 Å². The van der Waals surface area contributed by atoms with Crippen LogP contribution in [0.2, 0.25) is 0 Å². The summed E-state index contributed by atoms with van der Waals surface area (Å²) in [5, 5.41) is 15.3.